The molecule has 0 aliphatic heterocycles. The van der Waals surface area contributed by atoms with Gasteiger partial charge in [0.1, 0.15) is 16.7 Å². The molecular weight excluding hydrogens is 357 g/mol. The lowest BCUT2D eigenvalue weighted by Crippen LogP contribution is -2.08. The zero-order valence-electron chi connectivity index (χ0n) is 12.3. The van der Waals surface area contributed by atoms with Crippen LogP contribution < -0.4 is 10.3 Å². The standard InChI is InChI=1S/C15H12Cl3N5/c1-23(2)10-5-3-9(4-6-10)8-20-22-15-13(17)12(16)11(7-19)14(18)21-15/h3-6,8H,1-2H3,(H,21,22). The van der Waals surface area contributed by atoms with Crippen LogP contribution in [0.25, 0.3) is 0 Å². The second-order valence-corrected chi connectivity index (χ2v) is 5.84. The summed E-state index contributed by atoms with van der Waals surface area (Å²) in [6, 6.07) is 9.65. The summed E-state index contributed by atoms with van der Waals surface area (Å²) in [5, 5.41) is 13.1. The third-order valence-corrected chi connectivity index (χ3v) is 4.06. The molecule has 2 rings (SSSR count). The highest BCUT2D eigenvalue weighted by Gasteiger charge is 2.15. The molecule has 2 aromatic rings. The molecule has 23 heavy (non-hydrogen) atoms. The topological polar surface area (TPSA) is 64.3 Å². The van der Waals surface area contributed by atoms with Gasteiger partial charge in [-0.05, 0) is 17.7 Å². The molecule has 0 atom stereocenters. The van der Waals surface area contributed by atoms with Crippen molar-refractivity contribution in [3.05, 3.63) is 50.6 Å². The van der Waals surface area contributed by atoms with E-state index in [9.17, 15) is 0 Å². The fourth-order valence-electron chi connectivity index (χ4n) is 1.70. The van der Waals surface area contributed by atoms with Gasteiger partial charge < -0.3 is 4.90 Å². The molecule has 8 heteroatoms. The molecule has 0 amide bonds. The maximum absolute atomic E-state index is 8.93. The molecule has 5 nitrogen and oxygen atoms in total. The van der Waals surface area contributed by atoms with E-state index in [4.69, 9.17) is 40.1 Å². The Morgan fingerprint density at radius 1 is 1.17 bits per heavy atom. The largest absolute Gasteiger partial charge is 0.378 e. The lowest BCUT2D eigenvalue weighted by molar-refractivity contribution is 1.13. The summed E-state index contributed by atoms with van der Waals surface area (Å²) in [7, 11) is 3.94. The molecule has 0 saturated heterocycles. The summed E-state index contributed by atoms with van der Waals surface area (Å²) in [5.41, 5.74) is 4.69. The summed E-state index contributed by atoms with van der Waals surface area (Å²) < 4.78 is 0. The van der Waals surface area contributed by atoms with Crippen molar-refractivity contribution in [2.24, 2.45) is 5.10 Å². The molecule has 0 radical (unpaired) electrons. The van der Waals surface area contributed by atoms with E-state index in [2.05, 4.69) is 15.5 Å². The Morgan fingerprint density at radius 2 is 1.83 bits per heavy atom. The molecule has 1 N–H and O–H groups in total. The van der Waals surface area contributed by atoms with Crippen LogP contribution in [0.3, 0.4) is 0 Å². The van der Waals surface area contributed by atoms with Gasteiger partial charge in [-0.3, -0.25) is 5.43 Å². The number of hydrazone groups is 1. The number of nitrogens with zero attached hydrogens (tertiary/aromatic N) is 4. The van der Waals surface area contributed by atoms with Gasteiger partial charge in [0.25, 0.3) is 0 Å². The summed E-state index contributed by atoms with van der Waals surface area (Å²) in [6.07, 6.45) is 1.61. The SMILES string of the molecule is CN(C)c1ccc(C=NNc2nc(Cl)c(C#N)c(Cl)c2Cl)cc1. The Hall–Kier alpha value is -2.00. The van der Waals surface area contributed by atoms with Crippen LogP contribution >= 0.6 is 34.8 Å². The quantitative estimate of drug-likeness (QED) is 0.493. The second kappa shape index (κ2) is 7.51. The van der Waals surface area contributed by atoms with E-state index < -0.39 is 0 Å². The van der Waals surface area contributed by atoms with Gasteiger partial charge in [-0.15, -0.1) is 0 Å². The Kier molecular flexibility index (Phi) is 5.67. The summed E-state index contributed by atoms with van der Waals surface area (Å²) in [5.74, 6) is 0.182. The van der Waals surface area contributed by atoms with Gasteiger partial charge in [-0.2, -0.15) is 10.4 Å². The Balaban J connectivity index is 2.16. The van der Waals surface area contributed by atoms with E-state index in [1.54, 1.807) is 6.21 Å². The van der Waals surface area contributed by atoms with Gasteiger partial charge in [-0.25, -0.2) is 4.98 Å². The molecule has 0 aliphatic rings. The number of aromatic nitrogens is 1. The van der Waals surface area contributed by atoms with E-state index >= 15 is 0 Å². The monoisotopic (exact) mass is 367 g/mol. The second-order valence-electron chi connectivity index (χ2n) is 4.72. The van der Waals surface area contributed by atoms with E-state index in [0.29, 0.717) is 0 Å². The van der Waals surface area contributed by atoms with Crippen molar-refractivity contribution in [1.29, 1.82) is 5.26 Å². The maximum atomic E-state index is 8.93. The molecule has 118 valence electrons. The number of nitriles is 1. The molecule has 1 aromatic heterocycles. The Labute approximate surface area is 149 Å². The molecule has 0 unspecified atom stereocenters. The average molecular weight is 369 g/mol. The molecule has 0 saturated carbocycles. The van der Waals surface area contributed by atoms with Crippen molar-refractivity contribution in [1.82, 2.24) is 4.98 Å². The first-order valence-corrected chi connectivity index (χ1v) is 7.58. The number of anilines is 2. The number of nitrogens with one attached hydrogen (secondary N) is 1. The minimum atomic E-state index is -0.0325. The lowest BCUT2D eigenvalue weighted by atomic mass is 10.2. The van der Waals surface area contributed by atoms with Gasteiger partial charge in [0.15, 0.2) is 11.0 Å². The van der Waals surface area contributed by atoms with Crippen LogP contribution in [0, 0.1) is 11.3 Å². The maximum Gasteiger partial charge on any atom is 0.168 e. The predicted molar refractivity (Wildman–Crippen MR) is 96.0 cm³/mol. The van der Waals surface area contributed by atoms with E-state index in [1.165, 1.54) is 0 Å². The smallest absolute Gasteiger partial charge is 0.168 e. The first-order valence-electron chi connectivity index (χ1n) is 6.45. The number of hydrogen-bond acceptors (Lipinski definition) is 5. The molecule has 1 aromatic carbocycles. The lowest BCUT2D eigenvalue weighted by Gasteiger charge is -2.11. The van der Waals surface area contributed by atoms with Crippen LogP contribution in [0.2, 0.25) is 15.2 Å². The predicted octanol–water partition coefficient (Wildman–Crippen LogP) is 4.43. The Bertz CT molecular complexity index is 779. The van der Waals surface area contributed by atoms with Crippen LogP contribution in [0.15, 0.2) is 29.4 Å². The average Bonchev–Trinajstić information content (AvgIpc) is 2.53. The van der Waals surface area contributed by atoms with Crippen LogP contribution in [0.1, 0.15) is 11.1 Å². The Morgan fingerprint density at radius 3 is 2.39 bits per heavy atom. The van der Waals surface area contributed by atoms with Crippen molar-refractivity contribution < 1.29 is 0 Å². The van der Waals surface area contributed by atoms with Crippen molar-refractivity contribution in [3.63, 3.8) is 0 Å². The molecule has 0 fully saturated rings. The van der Waals surface area contributed by atoms with Crippen LogP contribution in [0.5, 0.6) is 0 Å². The van der Waals surface area contributed by atoms with Gasteiger partial charge >= 0.3 is 0 Å². The fraction of sp³-hybridized carbons (Fsp3) is 0.133. The van der Waals surface area contributed by atoms with Gasteiger partial charge in [0.05, 0.1) is 11.2 Å². The van der Waals surface area contributed by atoms with E-state index in [0.717, 1.165) is 11.3 Å². The normalized spacial score (nSPS) is 10.6. The fourth-order valence-corrected chi connectivity index (χ4v) is 2.37. The highest BCUT2D eigenvalue weighted by Crippen LogP contribution is 2.34. The number of pyridine rings is 1. The van der Waals surface area contributed by atoms with E-state index in [1.807, 2.05) is 49.3 Å². The third kappa shape index (κ3) is 4.05. The van der Waals surface area contributed by atoms with Crippen molar-refractivity contribution in [3.8, 4) is 6.07 Å². The van der Waals surface area contributed by atoms with Crippen molar-refractivity contribution in [2.75, 3.05) is 24.4 Å². The minimum Gasteiger partial charge on any atom is -0.378 e. The molecule has 0 aliphatic carbocycles. The van der Waals surface area contributed by atoms with E-state index in [-0.39, 0.29) is 26.6 Å². The van der Waals surface area contributed by atoms with Crippen LogP contribution in [0.4, 0.5) is 11.5 Å². The zero-order chi connectivity index (χ0) is 17.0. The number of rotatable bonds is 4. The minimum absolute atomic E-state index is 0.0325. The summed E-state index contributed by atoms with van der Waals surface area (Å²) in [6.45, 7) is 0. The highest BCUT2D eigenvalue weighted by molar-refractivity contribution is 6.45. The van der Waals surface area contributed by atoms with Gasteiger partial charge in [0, 0.05) is 19.8 Å². The highest BCUT2D eigenvalue weighted by atomic mass is 35.5. The van der Waals surface area contributed by atoms with Gasteiger partial charge in [-0.1, -0.05) is 46.9 Å². The molecular formula is C15H12Cl3N5. The zero-order valence-corrected chi connectivity index (χ0v) is 14.6. The van der Waals surface area contributed by atoms with Gasteiger partial charge in [0.2, 0.25) is 0 Å². The first-order chi connectivity index (χ1) is 10.9. The third-order valence-electron chi connectivity index (χ3n) is 2.94. The molecule has 0 bridgehead atoms. The number of benzene rings is 1. The van der Waals surface area contributed by atoms with Crippen LogP contribution in [-0.4, -0.2) is 25.3 Å². The summed E-state index contributed by atoms with van der Waals surface area (Å²) >= 11 is 17.9. The van der Waals surface area contributed by atoms with Crippen molar-refractivity contribution in [2.45, 2.75) is 0 Å². The van der Waals surface area contributed by atoms with Crippen molar-refractivity contribution >= 4 is 52.5 Å². The van der Waals surface area contributed by atoms with Crippen LogP contribution in [-0.2, 0) is 0 Å². The number of halogens is 3. The first kappa shape index (κ1) is 17.4. The molecule has 0 spiro atoms. The molecule has 1 heterocycles. The number of hydrogen-bond donors (Lipinski definition) is 1. The summed E-state index contributed by atoms with van der Waals surface area (Å²) in [4.78, 5) is 5.97.